The highest BCUT2D eigenvalue weighted by molar-refractivity contribution is 5.27. The molecule has 2 aromatic carbocycles. The lowest BCUT2D eigenvalue weighted by molar-refractivity contribution is 0.283. The second-order valence-electron chi connectivity index (χ2n) is 5.38. The first-order valence-corrected chi connectivity index (χ1v) is 7.96. The topological polar surface area (TPSA) is 41.5 Å². The number of ether oxygens (including phenoxy) is 1. The largest absolute Gasteiger partial charge is 0.489 e. The molecule has 0 saturated carbocycles. The Morgan fingerprint density at radius 2 is 1.59 bits per heavy atom. The first kappa shape index (κ1) is 16.5. The monoisotopic (exact) mass is 299 g/mol. The SMILES string of the molecule is OCCCCCNCc1ccc(OCc2ccccc2)cc1. The Morgan fingerprint density at radius 1 is 0.818 bits per heavy atom. The van der Waals surface area contributed by atoms with Gasteiger partial charge in [-0.3, -0.25) is 0 Å². The maximum Gasteiger partial charge on any atom is 0.119 e. The average molecular weight is 299 g/mol. The lowest BCUT2D eigenvalue weighted by atomic mass is 10.2. The zero-order chi connectivity index (χ0) is 15.5. The summed E-state index contributed by atoms with van der Waals surface area (Å²) in [5.41, 5.74) is 2.44. The number of rotatable bonds is 10. The van der Waals surface area contributed by atoms with E-state index in [-0.39, 0.29) is 0 Å². The highest BCUT2D eigenvalue weighted by Gasteiger charge is 1.97. The summed E-state index contributed by atoms with van der Waals surface area (Å²) < 4.78 is 5.77. The Morgan fingerprint density at radius 3 is 2.32 bits per heavy atom. The quantitative estimate of drug-likeness (QED) is 0.660. The minimum absolute atomic E-state index is 0.296. The number of nitrogens with one attached hydrogen (secondary N) is 1. The smallest absolute Gasteiger partial charge is 0.119 e. The molecular formula is C19H25NO2. The number of unbranched alkanes of at least 4 members (excludes halogenated alkanes) is 2. The standard InChI is InChI=1S/C19H25NO2/c21-14-6-2-5-13-20-15-17-9-11-19(12-10-17)22-16-18-7-3-1-4-8-18/h1,3-4,7-12,20-21H,2,5-6,13-16H2. The predicted octanol–water partition coefficient (Wildman–Crippen LogP) is 3.52. The van der Waals surface area contributed by atoms with Crippen LogP contribution in [0, 0.1) is 0 Å². The molecule has 0 radical (unpaired) electrons. The second kappa shape index (κ2) is 9.98. The average Bonchev–Trinajstić information content (AvgIpc) is 2.58. The zero-order valence-electron chi connectivity index (χ0n) is 13.0. The van der Waals surface area contributed by atoms with E-state index in [0.717, 1.165) is 38.1 Å². The summed E-state index contributed by atoms with van der Waals surface area (Å²) in [4.78, 5) is 0. The molecule has 0 aliphatic heterocycles. The minimum Gasteiger partial charge on any atom is -0.489 e. The fourth-order valence-electron chi connectivity index (χ4n) is 2.22. The fourth-order valence-corrected chi connectivity index (χ4v) is 2.22. The Kier molecular flexibility index (Phi) is 7.50. The van der Waals surface area contributed by atoms with E-state index < -0.39 is 0 Å². The molecule has 0 bridgehead atoms. The van der Waals surface area contributed by atoms with Crippen molar-refractivity contribution in [3.8, 4) is 5.75 Å². The van der Waals surface area contributed by atoms with Crippen molar-refractivity contribution in [3.05, 3.63) is 65.7 Å². The first-order valence-electron chi connectivity index (χ1n) is 7.96. The van der Waals surface area contributed by atoms with Gasteiger partial charge in [-0.1, -0.05) is 42.5 Å². The van der Waals surface area contributed by atoms with E-state index in [1.807, 2.05) is 30.3 Å². The van der Waals surface area contributed by atoms with Crippen LogP contribution in [-0.2, 0) is 13.2 Å². The van der Waals surface area contributed by atoms with Gasteiger partial charge in [-0.25, -0.2) is 0 Å². The van der Waals surface area contributed by atoms with Crippen LogP contribution >= 0.6 is 0 Å². The molecule has 0 heterocycles. The van der Waals surface area contributed by atoms with Crippen LogP contribution in [0.25, 0.3) is 0 Å². The van der Waals surface area contributed by atoms with Crippen molar-refractivity contribution >= 4 is 0 Å². The molecular weight excluding hydrogens is 274 g/mol. The molecule has 0 spiro atoms. The minimum atomic E-state index is 0.296. The van der Waals surface area contributed by atoms with Crippen LogP contribution in [0.15, 0.2) is 54.6 Å². The van der Waals surface area contributed by atoms with Gasteiger partial charge in [0.15, 0.2) is 0 Å². The second-order valence-corrected chi connectivity index (χ2v) is 5.38. The molecule has 0 amide bonds. The summed E-state index contributed by atoms with van der Waals surface area (Å²) in [6.07, 6.45) is 3.09. The van der Waals surface area contributed by atoms with E-state index in [1.165, 1.54) is 11.1 Å². The summed E-state index contributed by atoms with van der Waals surface area (Å²) in [6, 6.07) is 18.4. The third-order valence-electron chi connectivity index (χ3n) is 3.51. The maximum absolute atomic E-state index is 8.71. The Hall–Kier alpha value is -1.84. The van der Waals surface area contributed by atoms with E-state index in [2.05, 4.69) is 29.6 Å². The molecule has 22 heavy (non-hydrogen) atoms. The lowest BCUT2D eigenvalue weighted by Crippen LogP contribution is -2.14. The van der Waals surface area contributed by atoms with Crippen LogP contribution in [0.3, 0.4) is 0 Å². The number of hydrogen-bond donors (Lipinski definition) is 2. The van der Waals surface area contributed by atoms with Gasteiger partial charge in [0.05, 0.1) is 0 Å². The van der Waals surface area contributed by atoms with Crippen LogP contribution in [0.1, 0.15) is 30.4 Å². The first-order chi connectivity index (χ1) is 10.9. The number of benzene rings is 2. The number of hydrogen-bond acceptors (Lipinski definition) is 3. The molecule has 3 nitrogen and oxygen atoms in total. The lowest BCUT2D eigenvalue weighted by Gasteiger charge is -2.08. The number of aliphatic hydroxyl groups is 1. The van der Waals surface area contributed by atoms with E-state index in [1.54, 1.807) is 0 Å². The van der Waals surface area contributed by atoms with Crippen molar-refractivity contribution in [1.82, 2.24) is 5.32 Å². The van der Waals surface area contributed by atoms with Gasteiger partial charge in [0.2, 0.25) is 0 Å². The van der Waals surface area contributed by atoms with Crippen LogP contribution in [0.4, 0.5) is 0 Å². The molecule has 0 aromatic heterocycles. The molecule has 0 unspecified atom stereocenters. The Balaban J connectivity index is 1.67. The molecule has 0 aliphatic rings. The highest BCUT2D eigenvalue weighted by atomic mass is 16.5. The molecule has 2 aromatic rings. The third-order valence-corrected chi connectivity index (χ3v) is 3.51. The molecule has 2 N–H and O–H groups in total. The van der Waals surface area contributed by atoms with Gasteiger partial charge in [-0.05, 0) is 49.1 Å². The van der Waals surface area contributed by atoms with Crippen molar-refractivity contribution in [2.24, 2.45) is 0 Å². The van der Waals surface area contributed by atoms with Crippen molar-refractivity contribution in [2.45, 2.75) is 32.4 Å². The molecule has 0 saturated heterocycles. The van der Waals surface area contributed by atoms with E-state index >= 15 is 0 Å². The summed E-state index contributed by atoms with van der Waals surface area (Å²) >= 11 is 0. The Bertz CT molecular complexity index is 511. The molecule has 0 fully saturated rings. The van der Waals surface area contributed by atoms with Crippen LogP contribution in [-0.4, -0.2) is 18.3 Å². The van der Waals surface area contributed by atoms with Crippen molar-refractivity contribution in [2.75, 3.05) is 13.2 Å². The highest BCUT2D eigenvalue weighted by Crippen LogP contribution is 2.14. The van der Waals surface area contributed by atoms with Gasteiger partial charge in [-0.2, -0.15) is 0 Å². The van der Waals surface area contributed by atoms with Crippen molar-refractivity contribution in [1.29, 1.82) is 0 Å². The number of aliphatic hydroxyl groups excluding tert-OH is 1. The third kappa shape index (κ3) is 6.29. The molecule has 0 aliphatic carbocycles. The molecule has 2 rings (SSSR count). The van der Waals surface area contributed by atoms with Crippen LogP contribution in [0.2, 0.25) is 0 Å². The summed E-state index contributed by atoms with van der Waals surface area (Å²) in [6.45, 7) is 2.76. The fraction of sp³-hybridized carbons (Fsp3) is 0.368. The van der Waals surface area contributed by atoms with Gasteiger partial charge < -0.3 is 15.2 Å². The summed E-state index contributed by atoms with van der Waals surface area (Å²) in [5, 5.41) is 12.1. The van der Waals surface area contributed by atoms with E-state index in [9.17, 15) is 0 Å². The molecule has 0 atom stereocenters. The van der Waals surface area contributed by atoms with Gasteiger partial charge in [0.1, 0.15) is 12.4 Å². The Labute approximate surface area is 133 Å². The van der Waals surface area contributed by atoms with Crippen LogP contribution in [0.5, 0.6) is 5.75 Å². The summed E-state index contributed by atoms with van der Waals surface area (Å²) in [5.74, 6) is 0.899. The van der Waals surface area contributed by atoms with Crippen molar-refractivity contribution < 1.29 is 9.84 Å². The van der Waals surface area contributed by atoms with Gasteiger partial charge >= 0.3 is 0 Å². The van der Waals surface area contributed by atoms with Gasteiger partial charge in [0, 0.05) is 13.2 Å². The molecule has 118 valence electrons. The van der Waals surface area contributed by atoms with Crippen LogP contribution < -0.4 is 10.1 Å². The van der Waals surface area contributed by atoms with Gasteiger partial charge in [0.25, 0.3) is 0 Å². The summed E-state index contributed by atoms with van der Waals surface area (Å²) in [7, 11) is 0. The predicted molar refractivity (Wildman–Crippen MR) is 89.9 cm³/mol. The zero-order valence-corrected chi connectivity index (χ0v) is 13.0. The van der Waals surface area contributed by atoms with Gasteiger partial charge in [-0.15, -0.1) is 0 Å². The normalized spacial score (nSPS) is 10.6. The molecule has 3 heteroatoms. The van der Waals surface area contributed by atoms with E-state index in [4.69, 9.17) is 9.84 Å². The maximum atomic E-state index is 8.71. The van der Waals surface area contributed by atoms with Crippen molar-refractivity contribution in [3.63, 3.8) is 0 Å². The van der Waals surface area contributed by atoms with E-state index in [0.29, 0.717) is 13.2 Å².